The van der Waals surface area contributed by atoms with Gasteiger partial charge < -0.3 is 21.3 Å². The summed E-state index contributed by atoms with van der Waals surface area (Å²) in [5.74, 6) is -0.0623. The number of pyridine rings is 1. The molecule has 0 spiro atoms. The number of aromatic nitrogens is 1. The van der Waals surface area contributed by atoms with Gasteiger partial charge in [0.2, 0.25) is 0 Å². The molecule has 0 bridgehead atoms. The predicted octanol–water partition coefficient (Wildman–Crippen LogP) is 2.61. The summed E-state index contributed by atoms with van der Waals surface area (Å²) in [6, 6.07) is 1.62. The van der Waals surface area contributed by atoms with E-state index in [1.165, 1.54) is 12.1 Å². The maximum absolute atomic E-state index is 13.3. The first-order chi connectivity index (χ1) is 11.7. The number of piperidine rings is 1. The Morgan fingerprint density at radius 1 is 1.35 bits per heavy atom. The Hall–Kier alpha value is -2.23. The molecule has 1 aromatic heterocycles. The largest absolute Gasteiger partial charge is 0.444 e. The van der Waals surface area contributed by atoms with Crippen LogP contribution < -0.4 is 11.5 Å². The van der Waals surface area contributed by atoms with Gasteiger partial charge in [-0.25, -0.2) is 9.78 Å². The number of hydrogen-bond acceptors (Lipinski definition) is 6. The minimum atomic E-state index is -4.84. The third-order valence-corrected chi connectivity index (χ3v) is 4.15. The van der Waals surface area contributed by atoms with Crippen LogP contribution in [-0.2, 0) is 4.74 Å². The van der Waals surface area contributed by atoms with Crippen LogP contribution in [-0.4, -0.2) is 45.0 Å². The Labute approximate surface area is 149 Å². The second kappa shape index (κ2) is 6.49. The van der Waals surface area contributed by atoms with Gasteiger partial charge in [-0.1, -0.05) is 0 Å². The highest BCUT2D eigenvalue weighted by molar-refractivity contribution is 5.69. The average Bonchev–Trinajstić information content (AvgIpc) is 2.47. The van der Waals surface area contributed by atoms with Gasteiger partial charge in [0.1, 0.15) is 11.4 Å². The second-order valence-electron chi connectivity index (χ2n) is 7.38. The van der Waals surface area contributed by atoms with E-state index in [1.54, 1.807) is 20.8 Å². The van der Waals surface area contributed by atoms with Gasteiger partial charge in [0.15, 0.2) is 5.60 Å². The van der Waals surface area contributed by atoms with E-state index in [2.05, 4.69) is 4.98 Å². The lowest BCUT2D eigenvalue weighted by molar-refractivity contribution is -0.277. The number of anilines is 2. The van der Waals surface area contributed by atoms with E-state index in [0.717, 1.165) is 4.90 Å². The number of amides is 1. The number of carbonyl (C=O) groups is 1. The lowest BCUT2D eigenvalue weighted by Gasteiger charge is -2.44. The van der Waals surface area contributed by atoms with E-state index in [4.69, 9.17) is 16.2 Å². The minimum absolute atomic E-state index is 0.0623. The normalized spacial score (nSPS) is 24.4. The molecule has 1 aliphatic heterocycles. The van der Waals surface area contributed by atoms with Crippen molar-refractivity contribution >= 4 is 17.6 Å². The monoisotopic (exact) mass is 376 g/mol. The number of ether oxygens (including phenoxy) is 1. The third-order valence-electron chi connectivity index (χ3n) is 4.15. The number of nitrogens with two attached hydrogens (primary N) is 2. The van der Waals surface area contributed by atoms with Crippen LogP contribution in [0.5, 0.6) is 0 Å². The molecule has 1 amide bonds. The van der Waals surface area contributed by atoms with Crippen molar-refractivity contribution in [2.45, 2.75) is 57.0 Å². The zero-order chi connectivity index (χ0) is 19.9. The molecule has 1 saturated heterocycles. The van der Waals surface area contributed by atoms with Crippen molar-refractivity contribution in [3.05, 3.63) is 17.8 Å². The molecule has 7 nitrogen and oxygen atoms in total. The third kappa shape index (κ3) is 4.12. The van der Waals surface area contributed by atoms with Crippen LogP contribution in [0.4, 0.5) is 29.5 Å². The summed E-state index contributed by atoms with van der Waals surface area (Å²) in [4.78, 5) is 17.6. The van der Waals surface area contributed by atoms with Crippen LogP contribution >= 0.6 is 0 Å². The van der Waals surface area contributed by atoms with Crippen LogP contribution in [0.2, 0.25) is 0 Å². The van der Waals surface area contributed by atoms with Gasteiger partial charge in [-0.05, 0) is 32.9 Å². The fourth-order valence-corrected chi connectivity index (χ4v) is 2.74. The molecule has 0 aromatic carbocycles. The van der Waals surface area contributed by atoms with Crippen molar-refractivity contribution in [2.24, 2.45) is 0 Å². The Morgan fingerprint density at radius 3 is 2.46 bits per heavy atom. The maximum atomic E-state index is 13.3. The maximum Gasteiger partial charge on any atom is 0.417 e. The van der Waals surface area contributed by atoms with E-state index < -0.39 is 42.4 Å². The number of aliphatic hydroxyl groups is 1. The summed E-state index contributed by atoms with van der Waals surface area (Å²) in [5.41, 5.74) is 7.75. The molecule has 5 N–H and O–H groups in total. The van der Waals surface area contributed by atoms with E-state index in [9.17, 15) is 23.1 Å². The highest BCUT2D eigenvalue weighted by atomic mass is 19.4. The van der Waals surface area contributed by atoms with E-state index in [0.29, 0.717) is 0 Å². The van der Waals surface area contributed by atoms with E-state index in [-0.39, 0.29) is 23.7 Å². The number of hydrogen-bond donors (Lipinski definition) is 3. The Bertz CT molecular complexity index is 690. The topological polar surface area (TPSA) is 115 Å². The van der Waals surface area contributed by atoms with Gasteiger partial charge in [0.25, 0.3) is 0 Å². The molecule has 2 atom stereocenters. The van der Waals surface area contributed by atoms with Crippen LogP contribution in [0.1, 0.15) is 45.3 Å². The van der Waals surface area contributed by atoms with Crippen molar-refractivity contribution in [1.82, 2.24) is 9.88 Å². The summed E-state index contributed by atoms with van der Waals surface area (Å²) in [5, 5.41) is 10.1. The Balaban J connectivity index is 2.41. The summed E-state index contributed by atoms with van der Waals surface area (Å²) < 4.78 is 45.2. The number of rotatable bonds is 1. The van der Waals surface area contributed by atoms with Crippen molar-refractivity contribution in [2.75, 3.05) is 18.0 Å². The number of nitrogen functional groups attached to an aromatic ring is 2. The minimum Gasteiger partial charge on any atom is -0.444 e. The summed E-state index contributed by atoms with van der Waals surface area (Å²) >= 11 is 0. The van der Waals surface area contributed by atoms with Crippen molar-refractivity contribution in [3.8, 4) is 0 Å². The summed E-state index contributed by atoms with van der Waals surface area (Å²) in [7, 11) is 0. The number of nitrogens with zero attached hydrogens (tertiary/aromatic N) is 2. The fraction of sp³-hybridized carbons (Fsp3) is 0.625. The molecule has 2 unspecified atom stereocenters. The standard InChI is InChI=1S/C16H23F3N4O3/c1-14(2,3)26-13(24)23-7-6-15(25,16(17,18)19)8-11(23)10-5-4-9(20)12(21)22-10/h4-5,11,25H,6-8,20H2,1-3H3,(H2,21,22). The lowest BCUT2D eigenvalue weighted by Crippen LogP contribution is -2.56. The first kappa shape index (κ1) is 20.1. The van der Waals surface area contributed by atoms with E-state index in [1.807, 2.05) is 0 Å². The zero-order valence-electron chi connectivity index (χ0n) is 14.8. The molecular formula is C16H23F3N4O3. The van der Waals surface area contributed by atoms with Gasteiger partial charge in [0, 0.05) is 19.4 Å². The van der Waals surface area contributed by atoms with E-state index >= 15 is 0 Å². The number of likely N-dealkylation sites (tertiary alicyclic amines) is 1. The molecule has 2 heterocycles. The quantitative estimate of drug-likeness (QED) is 0.694. The molecule has 10 heteroatoms. The molecule has 2 rings (SSSR count). The first-order valence-corrected chi connectivity index (χ1v) is 8.04. The van der Waals surface area contributed by atoms with Gasteiger partial charge in [-0.15, -0.1) is 0 Å². The first-order valence-electron chi connectivity index (χ1n) is 8.04. The van der Waals surface area contributed by atoms with Crippen LogP contribution in [0.15, 0.2) is 12.1 Å². The summed E-state index contributed by atoms with van der Waals surface area (Å²) in [6.07, 6.45) is -7.06. The number of alkyl halides is 3. The number of halogens is 3. The summed E-state index contributed by atoms with van der Waals surface area (Å²) in [6.45, 7) is 4.60. The highest BCUT2D eigenvalue weighted by Crippen LogP contribution is 2.45. The molecule has 1 aromatic rings. The van der Waals surface area contributed by atoms with Gasteiger partial charge in [-0.2, -0.15) is 13.2 Å². The Kier molecular flexibility index (Phi) is 5.02. The highest BCUT2D eigenvalue weighted by Gasteiger charge is 2.58. The van der Waals surface area contributed by atoms with Crippen molar-refractivity contribution < 1.29 is 27.8 Å². The van der Waals surface area contributed by atoms with Crippen molar-refractivity contribution in [1.29, 1.82) is 0 Å². The molecule has 0 saturated carbocycles. The van der Waals surface area contributed by atoms with Crippen LogP contribution in [0, 0.1) is 0 Å². The smallest absolute Gasteiger partial charge is 0.417 e. The van der Waals surface area contributed by atoms with Crippen LogP contribution in [0.3, 0.4) is 0 Å². The van der Waals surface area contributed by atoms with Gasteiger partial charge in [-0.3, -0.25) is 4.90 Å². The zero-order valence-corrected chi connectivity index (χ0v) is 14.8. The molecule has 1 aliphatic rings. The molecule has 26 heavy (non-hydrogen) atoms. The lowest BCUT2D eigenvalue weighted by atomic mass is 9.84. The fourth-order valence-electron chi connectivity index (χ4n) is 2.74. The molecule has 0 aliphatic carbocycles. The van der Waals surface area contributed by atoms with Crippen molar-refractivity contribution in [3.63, 3.8) is 0 Å². The Morgan fingerprint density at radius 2 is 1.96 bits per heavy atom. The molecular weight excluding hydrogens is 353 g/mol. The van der Waals surface area contributed by atoms with Crippen LogP contribution in [0.25, 0.3) is 0 Å². The molecule has 146 valence electrons. The number of carbonyl (C=O) groups excluding carboxylic acids is 1. The van der Waals surface area contributed by atoms with Gasteiger partial charge in [0.05, 0.1) is 17.4 Å². The molecule has 0 radical (unpaired) electrons. The second-order valence-corrected chi connectivity index (χ2v) is 7.38. The van der Waals surface area contributed by atoms with Gasteiger partial charge >= 0.3 is 12.3 Å². The molecule has 1 fully saturated rings. The average molecular weight is 376 g/mol. The SMILES string of the molecule is CC(C)(C)OC(=O)N1CCC(O)(C(F)(F)F)CC1c1ccc(N)c(N)n1. The predicted molar refractivity (Wildman–Crippen MR) is 89.0 cm³/mol.